The first-order valence-electron chi connectivity index (χ1n) is 10.8. The van der Waals surface area contributed by atoms with Crippen molar-refractivity contribution in [3.8, 4) is 5.75 Å². The SMILES string of the molecule is CC(Oc1ccc(Cl)cc1Cl)C(=O)N1CCN(c2ccc(S(=O)(=O)Nc3ccncn3)cc2)CC1.[HH]. The smallest absolute Gasteiger partial charge is 0.263 e. The summed E-state index contributed by atoms with van der Waals surface area (Å²) >= 11 is 12.1. The van der Waals surface area contributed by atoms with Gasteiger partial charge in [-0.15, -0.1) is 0 Å². The molecule has 2 heterocycles. The van der Waals surface area contributed by atoms with Gasteiger partial charge in [0.1, 0.15) is 17.9 Å². The number of carbonyl (C=O) groups excluding carboxylic acids is 1. The highest BCUT2D eigenvalue weighted by Crippen LogP contribution is 2.29. The van der Waals surface area contributed by atoms with E-state index in [-0.39, 0.29) is 18.0 Å². The topological polar surface area (TPSA) is 105 Å². The maximum Gasteiger partial charge on any atom is 0.263 e. The molecule has 4 rings (SSSR count). The van der Waals surface area contributed by atoms with Crippen LogP contribution in [0.4, 0.5) is 11.5 Å². The van der Waals surface area contributed by atoms with Gasteiger partial charge in [0.15, 0.2) is 6.10 Å². The molecule has 0 bridgehead atoms. The Balaban J connectivity index is 0.00000361. The average Bonchev–Trinajstić information content (AvgIpc) is 2.86. The standard InChI is InChI=1S/C23H23Cl2N5O4S.H2/c1-16(34-21-7-2-17(24)14-20(21)25)23(31)30-12-10-29(11-13-30)18-3-5-19(6-4-18)35(32,33)28-22-8-9-26-15-27-22;/h2-9,14-16H,10-13H2,1H3,(H,26,27,28);1H. The van der Waals surface area contributed by atoms with Crippen molar-refractivity contribution < 1.29 is 19.4 Å². The first kappa shape index (κ1) is 25.0. The van der Waals surface area contributed by atoms with E-state index in [4.69, 9.17) is 27.9 Å². The van der Waals surface area contributed by atoms with E-state index < -0.39 is 16.1 Å². The summed E-state index contributed by atoms with van der Waals surface area (Å²) in [7, 11) is -3.76. The third-order valence-corrected chi connectivity index (χ3v) is 7.37. The minimum absolute atomic E-state index is 0. The van der Waals surface area contributed by atoms with Gasteiger partial charge >= 0.3 is 0 Å². The number of halogens is 2. The zero-order valence-electron chi connectivity index (χ0n) is 18.8. The molecule has 1 aliphatic rings. The fraction of sp³-hybridized carbons (Fsp3) is 0.261. The van der Waals surface area contributed by atoms with Gasteiger partial charge in [0, 0.05) is 44.5 Å². The van der Waals surface area contributed by atoms with Crippen LogP contribution >= 0.6 is 23.2 Å². The quantitative estimate of drug-likeness (QED) is 0.486. The van der Waals surface area contributed by atoms with Gasteiger partial charge in [0.2, 0.25) is 0 Å². The Labute approximate surface area is 215 Å². The minimum atomic E-state index is -3.76. The van der Waals surface area contributed by atoms with E-state index >= 15 is 0 Å². The predicted octanol–water partition coefficient (Wildman–Crippen LogP) is 3.95. The molecule has 12 heteroatoms. The van der Waals surface area contributed by atoms with Gasteiger partial charge in [0.25, 0.3) is 15.9 Å². The first-order valence-corrected chi connectivity index (χ1v) is 13.0. The largest absolute Gasteiger partial charge is 0.479 e. The van der Waals surface area contributed by atoms with E-state index in [0.29, 0.717) is 42.0 Å². The molecule has 1 aromatic heterocycles. The maximum absolute atomic E-state index is 12.9. The van der Waals surface area contributed by atoms with Crippen molar-refractivity contribution in [2.45, 2.75) is 17.9 Å². The normalized spacial score (nSPS) is 14.9. The minimum Gasteiger partial charge on any atom is -0.479 e. The number of rotatable bonds is 7. The fourth-order valence-corrected chi connectivity index (χ4v) is 5.10. The van der Waals surface area contributed by atoms with Crippen LogP contribution in [-0.2, 0) is 14.8 Å². The van der Waals surface area contributed by atoms with Gasteiger partial charge in [-0.05, 0) is 55.5 Å². The summed E-state index contributed by atoms with van der Waals surface area (Å²) < 4.78 is 33.3. The molecule has 0 spiro atoms. The lowest BCUT2D eigenvalue weighted by molar-refractivity contribution is -0.138. The zero-order valence-corrected chi connectivity index (χ0v) is 21.1. The third kappa shape index (κ3) is 6.14. The van der Waals surface area contributed by atoms with Crippen LogP contribution in [0.2, 0.25) is 10.0 Å². The number of nitrogens with one attached hydrogen (secondary N) is 1. The van der Waals surface area contributed by atoms with Gasteiger partial charge in [-0.1, -0.05) is 23.2 Å². The molecule has 9 nitrogen and oxygen atoms in total. The van der Waals surface area contributed by atoms with Crippen LogP contribution in [0.25, 0.3) is 0 Å². The molecule has 0 radical (unpaired) electrons. The second-order valence-corrected chi connectivity index (χ2v) is 10.4. The van der Waals surface area contributed by atoms with Crippen LogP contribution in [0.1, 0.15) is 8.35 Å². The number of aromatic nitrogens is 2. The monoisotopic (exact) mass is 537 g/mol. The van der Waals surface area contributed by atoms with Crippen LogP contribution in [0, 0.1) is 0 Å². The number of ether oxygens (including phenoxy) is 1. The number of hydrogen-bond donors (Lipinski definition) is 1. The molecule has 1 N–H and O–H groups in total. The molecule has 1 atom stereocenters. The van der Waals surface area contributed by atoms with E-state index in [1.807, 2.05) is 0 Å². The first-order chi connectivity index (χ1) is 16.7. The Morgan fingerprint density at radius 2 is 1.80 bits per heavy atom. The molecule has 0 aliphatic carbocycles. The molecule has 1 unspecified atom stereocenters. The van der Waals surface area contributed by atoms with Crippen LogP contribution in [0.3, 0.4) is 0 Å². The average molecular weight is 538 g/mol. The molecule has 1 aliphatic heterocycles. The molecule has 186 valence electrons. The summed E-state index contributed by atoms with van der Waals surface area (Å²) in [4.78, 5) is 24.5. The van der Waals surface area contributed by atoms with Crippen LogP contribution in [-0.4, -0.2) is 61.5 Å². The Morgan fingerprint density at radius 3 is 2.43 bits per heavy atom. The summed E-state index contributed by atoms with van der Waals surface area (Å²) in [6, 6.07) is 12.9. The van der Waals surface area contributed by atoms with Crippen molar-refractivity contribution in [2.75, 3.05) is 35.8 Å². The summed E-state index contributed by atoms with van der Waals surface area (Å²) in [6.45, 7) is 3.91. The number of sulfonamides is 1. The summed E-state index contributed by atoms with van der Waals surface area (Å²) in [6.07, 6.45) is 2.02. The molecule has 2 aromatic carbocycles. The van der Waals surface area contributed by atoms with E-state index in [0.717, 1.165) is 5.69 Å². The van der Waals surface area contributed by atoms with Crippen molar-refractivity contribution in [2.24, 2.45) is 0 Å². The Bertz CT molecular complexity index is 1290. The second kappa shape index (κ2) is 10.7. The predicted molar refractivity (Wildman–Crippen MR) is 137 cm³/mol. The molecule has 1 fully saturated rings. The van der Waals surface area contributed by atoms with Crippen molar-refractivity contribution in [3.05, 3.63) is 71.1 Å². The number of amides is 1. The number of carbonyl (C=O) groups is 1. The zero-order chi connectivity index (χ0) is 25.0. The van der Waals surface area contributed by atoms with Gasteiger partial charge in [-0.2, -0.15) is 0 Å². The molecule has 0 saturated carbocycles. The van der Waals surface area contributed by atoms with Gasteiger partial charge < -0.3 is 14.5 Å². The van der Waals surface area contributed by atoms with E-state index in [1.54, 1.807) is 54.3 Å². The highest BCUT2D eigenvalue weighted by Gasteiger charge is 2.27. The molecular weight excluding hydrogens is 513 g/mol. The van der Waals surface area contributed by atoms with Crippen molar-refractivity contribution in [1.82, 2.24) is 14.9 Å². The summed E-state index contributed by atoms with van der Waals surface area (Å²) in [5, 5.41) is 0.838. The fourth-order valence-electron chi connectivity index (χ4n) is 3.64. The van der Waals surface area contributed by atoms with Gasteiger partial charge in [0.05, 0.1) is 9.92 Å². The number of benzene rings is 2. The van der Waals surface area contributed by atoms with E-state index in [1.165, 1.54) is 18.6 Å². The summed E-state index contributed by atoms with van der Waals surface area (Å²) in [5.41, 5.74) is 0.871. The van der Waals surface area contributed by atoms with Gasteiger partial charge in [-0.3, -0.25) is 9.52 Å². The van der Waals surface area contributed by atoms with Gasteiger partial charge in [-0.25, -0.2) is 18.4 Å². The van der Waals surface area contributed by atoms with Crippen molar-refractivity contribution in [1.29, 1.82) is 0 Å². The molecule has 3 aromatic rings. The third-order valence-electron chi connectivity index (χ3n) is 5.47. The highest BCUT2D eigenvalue weighted by atomic mass is 35.5. The Kier molecular flexibility index (Phi) is 7.63. The Hall–Kier alpha value is -3.08. The number of anilines is 2. The molecule has 1 saturated heterocycles. The lowest BCUT2D eigenvalue weighted by atomic mass is 10.2. The maximum atomic E-state index is 12.9. The molecule has 1 amide bonds. The van der Waals surface area contributed by atoms with Crippen LogP contribution < -0.4 is 14.4 Å². The highest BCUT2D eigenvalue weighted by molar-refractivity contribution is 7.92. The van der Waals surface area contributed by atoms with E-state index in [2.05, 4.69) is 19.6 Å². The summed E-state index contributed by atoms with van der Waals surface area (Å²) in [5.74, 6) is 0.467. The molecular formula is C23H25Cl2N5O4S. The lowest BCUT2D eigenvalue weighted by Crippen LogP contribution is -2.52. The number of piperazine rings is 1. The molecule has 35 heavy (non-hydrogen) atoms. The van der Waals surface area contributed by atoms with Crippen LogP contribution in [0.5, 0.6) is 5.75 Å². The van der Waals surface area contributed by atoms with Crippen LogP contribution in [0.15, 0.2) is 66.0 Å². The second-order valence-electron chi connectivity index (χ2n) is 7.84. The number of nitrogens with zero attached hydrogens (tertiary/aromatic N) is 4. The Morgan fingerprint density at radius 1 is 1.09 bits per heavy atom. The van der Waals surface area contributed by atoms with Crippen molar-refractivity contribution in [3.63, 3.8) is 0 Å². The van der Waals surface area contributed by atoms with Crippen molar-refractivity contribution >= 4 is 50.6 Å². The number of hydrogen-bond acceptors (Lipinski definition) is 7. The van der Waals surface area contributed by atoms with E-state index in [9.17, 15) is 13.2 Å². The lowest BCUT2D eigenvalue weighted by Gasteiger charge is -2.37.